The summed E-state index contributed by atoms with van der Waals surface area (Å²) in [7, 11) is 0. The summed E-state index contributed by atoms with van der Waals surface area (Å²) in [6.07, 6.45) is -4.74. The Kier molecular flexibility index (Phi) is 4.77. The molecule has 0 aliphatic carbocycles. The van der Waals surface area contributed by atoms with Gasteiger partial charge in [-0.25, -0.2) is 4.79 Å². The second-order valence-corrected chi connectivity index (χ2v) is 7.41. The van der Waals surface area contributed by atoms with Crippen LogP contribution in [0.25, 0.3) is 11.0 Å². The van der Waals surface area contributed by atoms with Crippen molar-refractivity contribution in [1.82, 2.24) is 0 Å². The third kappa shape index (κ3) is 3.69. The summed E-state index contributed by atoms with van der Waals surface area (Å²) in [5, 5.41) is -0.430. The molecule has 1 aliphatic heterocycles. The van der Waals surface area contributed by atoms with E-state index in [0.29, 0.717) is 18.1 Å². The molecular weight excluding hydrogens is 407 g/mol. The third-order valence-corrected chi connectivity index (χ3v) is 5.53. The molecular formula is C20H14F3NO4S. The first-order valence-corrected chi connectivity index (χ1v) is 9.55. The van der Waals surface area contributed by atoms with Gasteiger partial charge in [0.1, 0.15) is 11.3 Å². The first-order valence-electron chi connectivity index (χ1n) is 8.56. The van der Waals surface area contributed by atoms with Gasteiger partial charge in [-0.2, -0.15) is 13.2 Å². The smallest absolute Gasteiger partial charge is 0.418 e. The molecule has 1 aliphatic rings. The van der Waals surface area contributed by atoms with Crippen molar-refractivity contribution in [3.8, 4) is 5.75 Å². The molecule has 0 fully saturated rings. The minimum atomic E-state index is -4.74. The number of hydrogen-bond acceptors (Lipinski definition) is 6. The highest BCUT2D eigenvalue weighted by Crippen LogP contribution is 2.51. The molecule has 29 heavy (non-hydrogen) atoms. The van der Waals surface area contributed by atoms with E-state index in [9.17, 15) is 22.8 Å². The maximum atomic E-state index is 14.1. The van der Waals surface area contributed by atoms with Crippen LogP contribution in [0.2, 0.25) is 0 Å². The number of nitrogens with zero attached hydrogens (tertiary/aromatic N) is 1. The van der Waals surface area contributed by atoms with Crippen LogP contribution in [-0.2, 0) is 17.5 Å². The molecule has 5 nitrogen and oxygen atoms in total. The molecule has 4 rings (SSSR count). The number of thioether (sulfide) groups is 1. The molecule has 0 radical (unpaired) electrons. The summed E-state index contributed by atoms with van der Waals surface area (Å²) in [5.74, 6) is -0.985. The maximum absolute atomic E-state index is 14.1. The number of ether oxygens (including phenoxy) is 1. The van der Waals surface area contributed by atoms with Gasteiger partial charge in [-0.15, -0.1) is 11.8 Å². The van der Waals surface area contributed by atoms with Crippen LogP contribution < -0.4 is 15.3 Å². The van der Waals surface area contributed by atoms with Gasteiger partial charge in [-0.1, -0.05) is 30.3 Å². The van der Waals surface area contributed by atoms with Crippen molar-refractivity contribution in [3.63, 3.8) is 0 Å². The van der Waals surface area contributed by atoms with Gasteiger partial charge in [0.05, 0.1) is 28.6 Å². The molecule has 9 heteroatoms. The average molecular weight is 421 g/mol. The van der Waals surface area contributed by atoms with Crippen LogP contribution in [-0.4, -0.2) is 11.8 Å². The van der Waals surface area contributed by atoms with Crippen LogP contribution in [0, 0.1) is 0 Å². The first-order chi connectivity index (χ1) is 13.7. The fraction of sp³-hybridized carbons (Fsp3) is 0.200. The Morgan fingerprint density at radius 2 is 1.97 bits per heavy atom. The van der Waals surface area contributed by atoms with Crippen LogP contribution >= 0.6 is 11.8 Å². The van der Waals surface area contributed by atoms with Gasteiger partial charge >= 0.3 is 17.8 Å². The van der Waals surface area contributed by atoms with E-state index in [1.807, 2.05) is 30.3 Å². The second kappa shape index (κ2) is 7.14. The first kappa shape index (κ1) is 19.4. The zero-order valence-corrected chi connectivity index (χ0v) is 15.9. The van der Waals surface area contributed by atoms with E-state index < -0.39 is 34.5 Å². The van der Waals surface area contributed by atoms with Crippen LogP contribution in [0.1, 0.15) is 18.1 Å². The van der Waals surface area contributed by atoms with Crippen molar-refractivity contribution >= 4 is 34.4 Å². The predicted octanol–water partition coefficient (Wildman–Crippen LogP) is 4.81. The SMILES string of the molecule is CC(=O)Oc1cc(=O)oc2cc3c(c(C(F)(F)F)c12)SCN3Cc1ccccc1. The fourth-order valence-electron chi connectivity index (χ4n) is 3.30. The number of carbonyl (C=O) groups excluding carboxylic acids is 1. The van der Waals surface area contributed by atoms with Gasteiger partial charge < -0.3 is 14.1 Å². The molecule has 1 aromatic heterocycles. The Hall–Kier alpha value is -2.94. The highest BCUT2D eigenvalue weighted by Gasteiger charge is 2.41. The minimum Gasteiger partial charge on any atom is -0.426 e. The van der Waals surface area contributed by atoms with E-state index in [0.717, 1.165) is 30.3 Å². The minimum absolute atomic E-state index is 0.0168. The van der Waals surface area contributed by atoms with Gasteiger partial charge in [0.25, 0.3) is 0 Å². The molecule has 0 amide bonds. The Labute approximate surface area is 167 Å². The van der Waals surface area contributed by atoms with Crippen LogP contribution in [0.3, 0.4) is 0 Å². The fourth-order valence-corrected chi connectivity index (χ4v) is 4.52. The largest absolute Gasteiger partial charge is 0.426 e. The number of hydrogen-bond donors (Lipinski definition) is 0. The van der Waals surface area contributed by atoms with E-state index in [1.165, 1.54) is 6.07 Å². The number of anilines is 1. The topological polar surface area (TPSA) is 59.8 Å². The molecule has 0 saturated heterocycles. The van der Waals surface area contributed by atoms with Gasteiger partial charge in [-0.05, 0) is 5.56 Å². The molecule has 0 unspecified atom stereocenters. The Bertz CT molecular complexity index is 1160. The lowest BCUT2D eigenvalue weighted by Crippen LogP contribution is -2.19. The molecule has 2 aromatic carbocycles. The molecule has 2 heterocycles. The van der Waals surface area contributed by atoms with Crippen molar-refractivity contribution in [2.24, 2.45) is 0 Å². The Morgan fingerprint density at radius 1 is 1.24 bits per heavy atom. The normalized spacial score (nSPS) is 13.6. The summed E-state index contributed by atoms with van der Waals surface area (Å²) in [4.78, 5) is 25.0. The van der Waals surface area contributed by atoms with Crippen molar-refractivity contribution in [2.45, 2.75) is 24.5 Å². The van der Waals surface area contributed by atoms with Gasteiger partial charge in [0, 0.05) is 24.4 Å². The van der Waals surface area contributed by atoms with Crippen LogP contribution in [0.5, 0.6) is 5.75 Å². The predicted molar refractivity (Wildman–Crippen MR) is 102 cm³/mol. The number of benzene rings is 2. The van der Waals surface area contributed by atoms with Crippen molar-refractivity contribution in [1.29, 1.82) is 0 Å². The summed E-state index contributed by atoms with van der Waals surface area (Å²) in [6, 6.07) is 11.5. The highest BCUT2D eigenvalue weighted by atomic mass is 32.2. The second-order valence-electron chi connectivity index (χ2n) is 6.45. The quantitative estimate of drug-likeness (QED) is 0.447. The van der Waals surface area contributed by atoms with Crippen LogP contribution in [0.15, 0.2) is 56.6 Å². The summed E-state index contributed by atoms with van der Waals surface area (Å²) < 4.78 is 52.1. The van der Waals surface area contributed by atoms with Gasteiger partial charge in [-0.3, -0.25) is 4.79 Å². The monoisotopic (exact) mass is 421 g/mol. The molecule has 0 spiro atoms. The Morgan fingerprint density at radius 3 is 2.62 bits per heavy atom. The molecule has 3 aromatic rings. The lowest BCUT2D eigenvalue weighted by atomic mass is 10.1. The van der Waals surface area contributed by atoms with Gasteiger partial charge in [0.15, 0.2) is 0 Å². The molecule has 0 saturated carbocycles. The van der Waals surface area contributed by atoms with E-state index in [4.69, 9.17) is 9.15 Å². The zero-order chi connectivity index (χ0) is 20.8. The lowest BCUT2D eigenvalue weighted by Gasteiger charge is -2.21. The number of carbonyl (C=O) groups is 1. The number of fused-ring (bicyclic) bond motifs is 2. The lowest BCUT2D eigenvalue weighted by molar-refractivity contribution is -0.139. The van der Waals surface area contributed by atoms with E-state index in [2.05, 4.69) is 0 Å². The van der Waals surface area contributed by atoms with Gasteiger partial charge in [0.2, 0.25) is 0 Å². The highest BCUT2D eigenvalue weighted by molar-refractivity contribution is 8.00. The standard InChI is InChI=1S/C20H14F3NO4S/c1-11(25)27-15-8-16(26)28-14-7-13-19(18(17(14)15)20(21,22)23)29-10-24(13)9-12-5-3-2-4-6-12/h2-8H,9-10H2,1H3. The van der Waals surface area contributed by atoms with E-state index in [-0.39, 0.29) is 10.5 Å². The van der Waals surface area contributed by atoms with Crippen LogP contribution in [0.4, 0.5) is 18.9 Å². The summed E-state index contributed by atoms with van der Waals surface area (Å²) >= 11 is 1.04. The molecule has 0 atom stereocenters. The van der Waals surface area contributed by atoms with Crippen molar-refractivity contribution in [3.05, 3.63) is 64.0 Å². The average Bonchev–Trinajstić information content (AvgIpc) is 3.01. The number of halogens is 3. The summed E-state index contributed by atoms with van der Waals surface area (Å²) in [6.45, 7) is 1.45. The molecule has 0 bridgehead atoms. The molecule has 0 N–H and O–H groups in total. The number of alkyl halides is 3. The summed E-state index contributed by atoms with van der Waals surface area (Å²) in [5.41, 5.74) is -0.889. The number of esters is 1. The van der Waals surface area contributed by atoms with Crippen molar-refractivity contribution < 1.29 is 27.1 Å². The Balaban J connectivity index is 1.95. The number of rotatable bonds is 3. The zero-order valence-electron chi connectivity index (χ0n) is 15.1. The maximum Gasteiger partial charge on any atom is 0.418 e. The molecule has 150 valence electrons. The third-order valence-electron chi connectivity index (χ3n) is 4.39. The van der Waals surface area contributed by atoms with E-state index in [1.54, 1.807) is 4.90 Å². The van der Waals surface area contributed by atoms with Crippen molar-refractivity contribution in [2.75, 3.05) is 10.8 Å². The van der Waals surface area contributed by atoms with E-state index >= 15 is 0 Å².